The Balaban J connectivity index is 2.05. The number of carbonyl (C=O) groups is 1. The first-order valence-electron chi connectivity index (χ1n) is 6.77. The Hall–Kier alpha value is -2.77. The minimum Gasteiger partial charge on any atom is -0.497 e. The maximum absolute atomic E-state index is 11.6. The number of hydrogen-bond acceptors (Lipinski definition) is 4. The van der Waals surface area contributed by atoms with E-state index >= 15 is 0 Å². The van der Waals surface area contributed by atoms with E-state index in [4.69, 9.17) is 14.6 Å². The average Bonchev–Trinajstić information content (AvgIpc) is 2.58. The normalized spacial score (nSPS) is 9.55. The van der Waals surface area contributed by atoms with Gasteiger partial charge in [0, 0.05) is 11.1 Å². The summed E-state index contributed by atoms with van der Waals surface area (Å²) in [5, 5.41) is 8.61. The second-order valence-corrected chi connectivity index (χ2v) is 4.42. The number of rotatable bonds is 4. The predicted octanol–water partition coefficient (Wildman–Crippen LogP) is 2.24. The number of hydrogen-bond donors (Lipinski definition) is 1. The quantitative estimate of drug-likeness (QED) is 0.694. The number of aliphatic hydroxyl groups is 1. The van der Waals surface area contributed by atoms with E-state index in [1.165, 1.54) is 0 Å². The van der Waals surface area contributed by atoms with Crippen molar-refractivity contribution in [3.8, 4) is 17.6 Å². The molecule has 0 aliphatic carbocycles. The van der Waals surface area contributed by atoms with E-state index in [-0.39, 0.29) is 13.2 Å². The largest absolute Gasteiger partial charge is 0.497 e. The van der Waals surface area contributed by atoms with E-state index in [2.05, 4.69) is 11.8 Å². The third-order valence-electron chi connectivity index (χ3n) is 2.89. The van der Waals surface area contributed by atoms with Crippen LogP contribution in [0, 0.1) is 11.8 Å². The van der Waals surface area contributed by atoms with Crippen molar-refractivity contribution < 1.29 is 19.4 Å². The van der Waals surface area contributed by atoms with Crippen molar-refractivity contribution in [3.63, 3.8) is 0 Å². The van der Waals surface area contributed by atoms with Crippen LogP contribution in [0.15, 0.2) is 48.5 Å². The third-order valence-corrected chi connectivity index (χ3v) is 2.89. The molecule has 0 saturated heterocycles. The van der Waals surface area contributed by atoms with Gasteiger partial charge in [0.1, 0.15) is 12.4 Å². The summed E-state index contributed by atoms with van der Waals surface area (Å²) in [6, 6.07) is 14.3. The van der Waals surface area contributed by atoms with Gasteiger partial charge in [-0.05, 0) is 48.5 Å². The fourth-order valence-corrected chi connectivity index (χ4v) is 1.73. The Bertz CT molecular complexity index is 676. The van der Waals surface area contributed by atoms with Gasteiger partial charge in [-0.1, -0.05) is 11.8 Å². The van der Waals surface area contributed by atoms with Gasteiger partial charge in [-0.2, -0.15) is 0 Å². The van der Waals surface area contributed by atoms with E-state index in [1.54, 1.807) is 31.4 Å². The SMILES string of the molecule is COc1ccc(C#Cc2ccc(C(=O)OCCO)cc2)cc1. The van der Waals surface area contributed by atoms with Crippen molar-refractivity contribution in [2.45, 2.75) is 0 Å². The molecule has 0 heterocycles. The average molecular weight is 296 g/mol. The lowest BCUT2D eigenvalue weighted by atomic mass is 10.1. The van der Waals surface area contributed by atoms with E-state index < -0.39 is 5.97 Å². The van der Waals surface area contributed by atoms with Gasteiger partial charge in [0.15, 0.2) is 0 Å². The van der Waals surface area contributed by atoms with Gasteiger partial charge >= 0.3 is 5.97 Å². The van der Waals surface area contributed by atoms with Crippen LogP contribution in [-0.2, 0) is 4.74 Å². The van der Waals surface area contributed by atoms with Gasteiger partial charge in [-0.15, -0.1) is 0 Å². The lowest BCUT2D eigenvalue weighted by Gasteiger charge is -2.02. The first-order valence-corrected chi connectivity index (χ1v) is 6.77. The maximum atomic E-state index is 11.6. The third kappa shape index (κ3) is 4.37. The highest BCUT2D eigenvalue weighted by molar-refractivity contribution is 5.89. The zero-order valence-electron chi connectivity index (χ0n) is 12.2. The first-order chi connectivity index (χ1) is 10.7. The molecule has 0 bridgehead atoms. The molecule has 0 radical (unpaired) electrons. The molecule has 112 valence electrons. The second kappa shape index (κ2) is 7.87. The molecular weight excluding hydrogens is 280 g/mol. The molecule has 0 aliphatic heterocycles. The highest BCUT2D eigenvalue weighted by Crippen LogP contribution is 2.11. The molecule has 4 heteroatoms. The van der Waals surface area contributed by atoms with Crippen LogP contribution in [0.25, 0.3) is 0 Å². The Kier molecular flexibility index (Phi) is 5.58. The van der Waals surface area contributed by atoms with Crippen LogP contribution >= 0.6 is 0 Å². The summed E-state index contributed by atoms with van der Waals surface area (Å²) in [5.74, 6) is 6.40. The van der Waals surface area contributed by atoms with Gasteiger partial charge < -0.3 is 14.6 Å². The van der Waals surface area contributed by atoms with E-state index in [0.717, 1.165) is 16.9 Å². The Morgan fingerprint density at radius 3 is 2.05 bits per heavy atom. The van der Waals surface area contributed by atoms with Crippen LogP contribution in [0.2, 0.25) is 0 Å². The zero-order valence-corrected chi connectivity index (χ0v) is 12.2. The van der Waals surface area contributed by atoms with Crippen molar-refractivity contribution in [2.75, 3.05) is 20.3 Å². The van der Waals surface area contributed by atoms with Crippen LogP contribution in [0.3, 0.4) is 0 Å². The number of ether oxygens (including phenoxy) is 2. The van der Waals surface area contributed by atoms with Crippen LogP contribution in [0.1, 0.15) is 21.5 Å². The molecule has 0 spiro atoms. The Morgan fingerprint density at radius 1 is 1.00 bits per heavy atom. The van der Waals surface area contributed by atoms with E-state index in [1.807, 2.05) is 24.3 Å². The van der Waals surface area contributed by atoms with Crippen molar-refractivity contribution in [1.82, 2.24) is 0 Å². The smallest absolute Gasteiger partial charge is 0.338 e. The van der Waals surface area contributed by atoms with Crippen molar-refractivity contribution >= 4 is 5.97 Å². The number of methoxy groups -OCH3 is 1. The molecule has 4 nitrogen and oxygen atoms in total. The Morgan fingerprint density at radius 2 is 1.55 bits per heavy atom. The van der Waals surface area contributed by atoms with Gasteiger partial charge in [0.25, 0.3) is 0 Å². The monoisotopic (exact) mass is 296 g/mol. The lowest BCUT2D eigenvalue weighted by Crippen LogP contribution is -2.08. The maximum Gasteiger partial charge on any atom is 0.338 e. The highest BCUT2D eigenvalue weighted by Gasteiger charge is 2.05. The van der Waals surface area contributed by atoms with E-state index in [0.29, 0.717) is 5.56 Å². The summed E-state index contributed by atoms with van der Waals surface area (Å²) in [7, 11) is 1.62. The first kappa shape index (κ1) is 15.6. The number of carbonyl (C=O) groups excluding carboxylic acids is 1. The second-order valence-electron chi connectivity index (χ2n) is 4.42. The minimum absolute atomic E-state index is 0.00212. The molecule has 0 saturated carbocycles. The Labute approximate surface area is 129 Å². The minimum atomic E-state index is -0.455. The summed E-state index contributed by atoms with van der Waals surface area (Å²) >= 11 is 0. The number of benzene rings is 2. The topological polar surface area (TPSA) is 55.8 Å². The van der Waals surface area contributed by atoms with Crippen molar-refractivity contribution in [1.29, 1.82) is 0 Å². The van der Waals surface area contributed by atoms with Crippen LogP contribution in [0.4, 0.5) is 0 Å². The van der Waals surface area contributed by atoms with Crippen molar-refractivity contribution in [2.24, 2.45) is 0 Å². The molecular formula is C18H16O4. The molecule has 0 amide bonds. The summed E-state index contributed by atoms with van der Waals surface area (Å²) in [6.45, 7) is -0.185. The zero-order chi connectivity index (χ0) is 15.8. The molecule has 2 aromatic carbocycles. The molecule has 0 atom stereocenters. The van der Waals surface area contributed by atoms with Crippen LogP contribution < -0.4 is 4.74 Å². The lowest BCUT2D eigenvalue weighted by molar-refractivity contribution is 0.0434. The molecule has 0 aliphatic rings. The van der Waals surface area contributed by atoms with E-state index in [9.17, 15) is 4.79 Å². The molecule has 2 aromatic rings. The van der Waals surface area contributed by atoms with Gasteiger partial charge in [0.05, 0.1) is 19.3 Å². The standard InChI is InChI=1S/C18H16O4/c1-21-17-10-6-15(7-11-17)3-2-14-4-8-16(9-5-14)18(20)22-13-12-19/h4-11,19H,12-13H2,1H3. The molecule has 22 heavy (non-hydrogen) atoms. The summed E-state index contributed by atoms with van der Waals surface area (Å²) in [6.07, 6.45) is 0. The summed E-state index contributed by atoms with van der Waals surface area (Å²) in [4.78, 5) is 11.6. The van der Waals surface area contributed by atoms with Gasteiger partial charge in [0.2, 0.25) is 0 Å². The summed E-state index contributed by atoms with van der Waals surface area (Å²) < 4.78 is 9.92. The van der Waals surface area contributed by atoms with Gasteiger partial charge in [-0.25, -0.2) is 4.79 Å². The van der Waals surface area contributed by atoms with Crippen LogP contribution in [0.5, 0.6) is 5.75 Å². The molecule has 0 unspecified atom stereocenters. The molecule has 0 aromatic heterocycles. The van der Waals surface area contributed by atoms with Crippen molar-refractivity contribution in [3.05, 3.63) is 65.2 Å². The highest BCUT2D eigenvalue weighted by atomic mass is 16.5. The number of esters is 1. The molecule has 2 rings (SSSR count). The predicted molar refractivity (Wildman–Crippen MR) is 82.8 cm³/mol. The fraction of sp³-hybridized carbons (Fsp3) is 0.167. The number of aliphatic hydroxyl groups excluding tert-OH is 1. The molecule has 0 fully saturated rings. The van der Waals surface area contributed by atoms with Gasteiger partial charge in [-0.3, -0.25) is 0 Å². The van der Waals surface area contributed by atoms with Crippen LogP contribution in [-0.4, -0.2) is 31.4 Å². The molecule has 1 N–H and O–H groups in total. The fourth-order valence-electron chi connectivity index (χ4n) is 1.73. The summed E-state index contributed by atoms with van der Waals surface area (Å²) in [5.41, 5.74) is 2.12.